The van der Waals surface area contributed by atoms with Gasteiger partial charge in [-0.05, 0) is 76.1 Å². The average Bonchev–Trinajstić information content (AvgIpc) is 3.05. The van der Waals surface area contributed by atoms with Crippen molar-refractivity contribution >= 4 is 6.03 Å². The zero-order valence-corrected chi connectivity index (χ0v) is 18.5. The van der Waals surface area contributed by atoms with Crippen LogP contribution in [0.4, 0.5) is 4.79 Å². The molecule has 1 aliphatic heterocycles. The maximum absolute atomic E-state index is 12.7. The number of urea groups is 1. The summed E-state index contributed by atoms with van der Waals surface area (Å²) >= 11 is 0. The van der Waals surface area contributed by atoms with Crippen LogP contribution in [0.3, 0.4) is 0 Å². The van der Waals surface area contributed by atoms with E-state index in [2.05, 4.69) is 48.3 Å². The van der Waals surface area contributed by atoms with Gasteiger partial charge in [0.1, 0.15) is 0 Å². The third-order valence-electron chi connectivity index (χ3n) is 7.91. The summed E-state index contributed by atoms with van der Waals surface area (Å²) in [7, 11) is 0. The van der Waals surface area contributed by atoms with Gasteiger partial charge in [-0.2, -0.15) is 0 Å². The highest BCUT2D eigenvalue weighted by molar-refractivity contribution is 5.75. The van der Waals surface area contributed by atoms with E-state index in [0.29, 0.717) is 0 Å². The zero-order chi connectivity index (χ0) is 20.3. The molecular formula is C25H41N3O. The number of nitrogens with zero attached hydrogens (tertiary/aromatic N) is 2. The molecule has 1 aromatic carbocycles. The van der Waals surface area contributed by atoms with E-state index in [1.807, 2.05) is 4.90 Å². The van der Waals surface area contributed by atoms with Crippen molar-refractivity contribution in [2.24, 2.45) is 5.92 Å². The van der Waals surface area contributed by atoms with Gasteiger partial charge in [0.15, 0.2) is 0 Å². The lowest BCUT2D eigenvalue weighted by atomic mass is 9.73. The van der Waals surface area contributed by atoms with Gasteiger partial charge in [0.25, 0.3) is 0 Å². The van der Waals surface area contributed by atoms with Crippen molar-refractivity contribution in [3.05, 3.63) is 35.4 Å². The fourth-order valence-electron chi connectivity index (χ4n) is 6.15. The molecule has 1 spiro atoms. The van der Waals surface area contributed by atoms with Crippen molar-refractivity contribution in [1.82, 2.24) is 15.1 Å². The SMILES string of the molecule is CCN(CC)C(=O)N[C@H]1CC2(CCN(CC3CCCCC3)CC2)c2ccccc21.[HH]. The number of fused-ring (bicyclic) bond motifs is 2. The first-order chi connectivity index (χ1) is 14.1. The second-order valence-electron chi connectivity index (χ2n) is 9.55. The molecule has 2 aliphatic carbocycles. The lowest BCUT2D eigenvalue weighted by Crippen LogP contribution is -2.44. The van der Waals surface area contributed by atoms with Gasteiger partial charge in [-0.15, -0.1) is 0 Å². The summed E-state index contributed by atoms with van der Waals surface area (Å²) < 4.78 is 0. The quantitative estimate of drug-likeness (QED) is 0.725. The van der Waals surface area contributed by atoms with Crippen LogP contribution in [0.1, 0.15) is 83.8 Å². The van der Waals surface area contributed by atoms with Crippen LogP contribution in [0.15, 0.2) is 24.3 Å². The van der Waals surface area contributed by atoms with Crippen LogP contribution in [0.2, 0.25) is 0 Å². The third-order valence-corrected chi connectivity index (χ3v) is 7.91. The number of amides is 2. The average molecular weight is 400 g/mol. The molecular weight excluding hydrogens is 358 g/mol. The van der Waals surface area contributed by atoms with Gasteiger partial charge in [-0.3, -0.25) is 0 Å². The first kappa shape index (κ1) is 20.7. The summed E-state index contributed by atoms with van der Waals surface area (Å²) in [4.78, 5) is 17.3. The van der Waals surface area contributed by atoms with Crippen LogP contribution in [-0.2, 0) is 5.41 Å². The predicted octanol–water partition coefficient (Wildman–Crippen LogP) is 5.34. The first-order valence-electron chi connectivity index (χ1n) is 12.0. The number of piperidine rings is 1. The van der Waals surface area contributed by atoms with Crippen molar-refractivity contribution in [3.63, 3.8) is 0 Å². The van der Waals surface area contributed by atoms with Gasteiger partial charge in [0.05, 0.1) is 6.04 Å². The zero-order valence-electron chi connectivity index (χ0n) is 18.5. The maximum atomic E-state index is 12.7. The summed E-state index contributed by atoms with van der Waals surface area (Å²) in [5.74, 6) is 0.926. The summed E-state index contributed by atoms with van der Waals surface area (Å²) in [6, 6.07) is 9.13. The van der Waals surface area contributed by atoms with Crippen LogP contribution in [-0.4, -0.2) is 48.6 Å². The smallest absolute Gasteiger partial charge is 0.317 e. The van der Waals surface area contributed by atoms with Gasteiger partial charge in [0.2, 0.25) is 0 Å². The van der Waals surface area contributed by atoms with Crippen LogP contribution >= 0.6 is 0 Å². The lowest BCUT2D eigenvalue weighted by Gasteiger charge is -2.42. The Morgan fingerprint density at radius 1 is 1.14 bits per heavy atom. The fourth-order valence-corrected chi connectivity index (χ4v) is 6.15. The molecule has 1 saturated heterocycles. The second kappa shape index (κ2) is 9.07. The van der Waals surface area contributed by atoms with Crippen LogP contribution < -0.4 is 5.32 Å². The minimum atomic E-state index is 0. The molecule has 1 saturated carbocycles. The molecule has 1 heterocycles. The number of likely N-dealkylation sites (tertiary alicyclic amines) is 1. The van der Waals surface area contributed by atoms with E-state index in [0.717, 1.165) is 25.4 Å². The molecule has 4 heteroatoms. The predicted molar refractivity (Wildman–Crippen MR) is 121 cm³/mol. The molecule has 4 rings (SSSR count). The Bertz CT molecular complexity index is 691. The van der Waals surface area contributed by atoms with Gasteiger partial charge in [-0.25, -0.2) is 4.79 Å². The monoisotopic (exact) mass is 399 g/mol. The molecule has 1 aromatic rings. The van der Waals surface area contributed by atoms with E-state index in [-0.39, 0.29) is 18.9 Å². The van der Waals surface area contributed by atoms with Gasteiger partial charge in [-0.1, -0.05) is 43.5 Å². The highest BCUT2D eigenvalue weighted by Gasteiger charge is 2.46. The first-order valence-corrected chi connectivity index (χ1v) is 12.0. The molecule has 29 heavy (non-hydrogen) atoms. The summed E-state index contributed by atoms with van der Waals surface area (Å²) in [5, 5.41) is 3.36. The maximum Gasteiger partial charge on any atom is 0.317 e. The Balaban J connectivity index is 0.00000256. The normalized spacial score (nSPS) is 24.4. The molecule has 0 aromatic heterocycles. The Kier molecular flexibility index (Phi) is 6.48. The van der Waals surface area contributed by atoms with E-state index >= 15 is 0 Å². The van der Waals surface area contributed by atoms with Gasteiger partial charge >= 0.3 is 6.03 Å². The van der Waals surface area contributed by atoms with Crippen molar-refractivity contribution in [2.75, 3.05) is 32.7 Å². The molecule has 3 aliphatic rings. The number of carbonyl (C=O) groups excluding carboxylic acids is 1. The van der Waals surface area contributed by atoms with Crippen molar-refractivity contribution in [3.8, 4) is 0 Å². The minimum Gasteiger partial charge on any atom is -0.331 e. The van der Waals surface area contributed by atoms with Crippen LogP contribution in [0.25, 0.3) is 0 Å². The number of nitrogens with one attached hydrogen (secondary N) is 1. The van der Waals surface area contributed by atoms with Gasteiger partial charge < -0.3 is 15.1 Å². The van der Waals surface area contributed by atoms with Crippen LogP contribution in [0.5, 0.6) is 0 Å². The Morgan fingerprint density at radius 3 is 2.52 bits per heavy atom. The highest BCUT2D eigenvalue weighted by Crippen LogP contribution is 2.50. The van der Waals surface area contributed by atoms with E-state index in [1.54, 1.807) is 0 Å². The lowest BCUT2D eigenvalue weighted by molar-refractivity contribution is 0.124. The summed E-state index contributed by atoms with van der Waals surface area (Å²) in [6.07, 6.45) is 10.7. The van der Waals surface area contributed by atoms with E-state index < -0.39 is 0 Å². The molecule has 2 amide bonds. The molecule has 4 nitrogen and oxygen atoms in total. The van der Waals surface area contributed by atoms with Crippen molar-refractivity contribution < 1.29 is 6.22 Å². The molecule has 1 atom stereocenters. The summed E-state index contributed by atoms with van der Waals surface area (Å²) in [6.45, 7) is 9.35. The third kappa shape index (κ3) is 4.33. The molecule has 0 bridgehead atoms. The molecule has 162 valence electrons. The van der Waals surface area contributed by atoms with Crippen molar-refractivity contribution in [1.29, 1.82) is 0 Å². The minimum absolute atomic E-state index is 0. The fraction of sp³-hybridized carbons (Fsp3) is 0.720. The highest BCUT2D eigenvalue weighted by atomic mass is 16.2. The number of hydrogen-bond donors (Lipinski definition) is 1. The van der Waals surface area contributed by atoms with E-state index in [4.69, 9.17) is 0 Å². The molecule has 1 N–H and O–H groups in total. The Morgan fingerprint density at radius 2 is 1.83 bits per heavy atom. The molecule has 0 radical (unpaired) electrons. The van der Waals surface area contributed by atoms with Gasteiger partial charge in [0, 0.05) is 26.5 Å². The second-order valence-corrected chi connectivity index (χ2v) is 9.55. The Labute approximate surface area is 178 Å². The van der Waals surface area contributed by atoms with Crippen molar-refractivity contribution in [2.45, 2.75) is 76.7 Å². The molecule has 0 unspecified atom stereocenters. The standard InChI is InChI=1S/C25H39N3O.H2/c1-3-28(4-2)24(29)26-23-18-25(22-13-9-8-12-21(22)23)14-16-27(17-15-25)19-20-10-6-5-7-11-20;/h8-9,12-13,20,23H,3-7,10-11,14-19H2,1-2H3,(H,26,29);1H/t23-;/m0./s1. The summed E-state index contributed by atoms with van der Waals surface area (Å²) in [5.41, 5.74) is 3.11. The number of carbonyl (C=O) groups is 1. The number of hydrogen-bond acceptors (Lipinski definition) is 2. The number of benzene rings is 1. The van der Waals surface area contributed by atoms with Crippen LogP contribution in [0, 0.1) is 5.92 Å². The Hall–Kier alpha value is -1.55. The topological polar surface area (TPSA) is 35.6 Å². The van der Waals surface area contributed by atoms with E-state index in [9.17, 15) is 4.79 Å². The van der Waals surface area contributed by atoms with E-state index in [1.165, 1.54) is 75.7 Å². The largest absolute Gasteiger partial charge is 0.331 e. The molecule has 2 fully saturated rings. The number of rotatable bonds is 5.